The van der Waals surface area contributed by atoms with Gasteiger partial charge in [-0.05, 0) is 49.2 Å². The van der Waals surface area contributed by atoms with Crippen LogP contribution in [0.2, 0.25) is 0 Å². The van der Waals surface area contributed by atoms with Crippen LogP contribution in [0.25, 0.3) is 11.4 Å². The van der Waals surface area contributed by atoms with Gasteiger partial charge in [0.1, 0.15) is 17.8 Å². The standard InChI is InChI=1S/C20H18FN3O2/c21-16-8-6-14(7-9-16)20(25)24-11-3-4-15(12-24)19-23-18(13-26-19)17-5-1-2-10-22-17/h1-2,5-10,13,15H,3-4,11-12H2. The lowest BCUT2D eigenvalue weighted by Gasteiger charge is -2.31. The van der Waals surface area contributed by atoms with Gasteiger partial charge in [0, 0.05) is 24.8 Å². The molecule has 4 rings (SSSR count). The number of carbonyl (C=O) groups is 1. The van der Waals surface area contributed by atoms with Gasteiger partial charge >= 0.3 is 0 Å². The summed E-state index contributed by atoms with van der Waals surface area (Å²) in [4.78, 5) is 23.3. The van der Waals surface area contributed by atoms with Crippen molar-refractivity contribution in [2.45, 2.75) is 18.8 Å². The molecule has 1 aromatic carbocycles. The number of hydrogen-bond acceptors (Lipinski definition) is 4. The summed E-state index contributed by atoms with van der Waals surface area (Å²) >= 11 is 0. The lowest BCUT2D eigenvalue weighted by atomic mass is 9.97. The maximum atomic E-state index is 13.1. The van der Waals surface area contributed by atoms with Gasteiger partial charge in [0.15, 0.2) is 5.89 Å². The van der Waals surface area contributed by atoms with E-state index in [4.69, 9.17) is 4.42 Å². The number of aromatic nitrogens is 2. The molecule has 0 spiro atoms. The summed E-state index contributed by atoms with van der Waals surface area (Å²) in [5.41, 5.74) is 1.95. The number of carbonyl (C=O) groups excluding carboxylic acids is 1. The number of nitrogens with zero attached hydrogens (tertiary/aromatic N) is 3. The van der Waals surface area contributed by atoms with E-state index in [-0.39, 0.29) is 17.6 Å². The molecule has 3 aromatic rings. The fraction of sp³-hybridized carbons (Fsp3) is 0.250. The third-order valence-electron chi connectivity index (χ3n) is 4.60. The Morgan fingerprint density at radius 1 is 1.15 bits per heavy atom. The highest BCUT2D eigenvalue weighted by Gasteiger charge is 2.28. The molecule has 0 aliphatic carbocycles. The van der Waals surface area contributed by atoms with Gasteiger partial charge in [-0.15, -0.1) is 0 Å². The minimum absolute atomic E-state index is 0.0469. The number of likely N-dealkylation sites (tertiary alicyclic amines) is 1. The number of amides is 1. The lowest BCUT2D eigenvalue weighted by molar-refractivity contribution is 0.0698. The van der Waals surface area contributed by atoms with E-state index in [9.17, 15) is 9.18 Å². The maximum Gasteiger partial charge on any atom is 0.253 e. The topological polar surface area (TPSA) is 59.2 Å². The van der Waals surface area contributed by atoms with Crippen LogP contribution in [-0.2, 0) is 0 Å². The summed E-state index contributed by atoms with van der Waals surface area (Å²) in [5, 5.41) is 0. The quantitative estimate of drug-likeness (QED) is 0.718. The monoisotopic (exact) mass is 351 g/mol. The van der Waals surface area contributed by atoms with Gasteiger partial charge in [-0.2, -0.15) is 0 Å². The van der Waals surface area contributed by atoms with Crippen LogP contribution in [0, 0.1) is 5.82 Å². The Bertz CT molecular complexity index is 893. The number of hydrogen-bond donors (Lipinski definition) is 0. The zero-order chi connectivity index (χ0) is 17.9. The number of pyridine rings is 1. The van der Waals surface area contributed by atoms with E-state index in [2.05, 4.69) is 9.97 Å². The second kappa shape index (κ2) is 7.07. The smallest absolute Gasteiger partial charge is 0.253 e. The number of halogens is 1. The molecule has 26 heavy (non-hydrogen) atoms. The largest absolute Gasteiger partial charge is 0.448 e. The number of rotatable bonds is 3. The van der Waals surface area contributed by atoms with Crippen molar-refractivity contribution < 1.29 is 13.6 Å². The third-order valence-corrected chi connectivity index (χ3v) is 4.60. The molecule has 1 amide bonds. The van der Waals surface area contributed by atoms with Crippen molar-refractivity contribution in [3.8, 4) is 11.4 Å². The summed E-state index contributed by atoms with van der Waals surface area (Å²) in [6.07, 6.45) is 5.11. The van der Waals surface area contributed by atoms with Crippen LogP contribution in [-0.4, -0.2) is 33.9 Å². The molecule has 1 aliphatic heterocycles. The third kappa shape index (κ3) is 3.35. The zero-order valence-electron chi connectivity index (χ0n) is 14.1. The van der Waals surface area contributed by atoms with Gasteiger partial charge in [0.25, 0.3) is 5.91 Å². The Kier molecular flexibility index (Phi) is 4.48. The van der Waals surface area contributed by atoms with Crippen molar-refractivity contribution in [2.24, 2.45) is 0 Å². The molecule has 0 bridgehead atoms. The van der Waals surface area contributed by atoms with Gasteiger partial charge in [0.05, 0.1) is 11.6 Å². The summed E-state index contributed by atoms with van der Waals surface area (Å²) in [5.74, 6) is 0.235. The fourth-order valence-corrected chi connectivity index (χ4v) is 3.25. The lowest BCUT2D eigenvalue weighted by Crippen LogP contribution is -2.39. The van der Waals surface area contributed by atoms with Crippen LogP contribution in [0.15, 0.2) is 59.3 Å². The van der Waals surface area contributed by atoms with Crippen molar-refractivity contribution >= 4 is 5.91 Å². The SMILES string of the molecule is O=C(c1ccc(F)cc1)N1CCCC(c2nc(-c3ccccn3)co2)C1. The normalized spacial score (nSPS) is 17.3. The molecular formula is C20H18FN3O2. The summed E-state index contributed by atoms with van der Waals surface area (Å²) < 4.78 is 18.7. The minimum Gasteiger partial charge on any atom is -0.448 e. The van der Waals surface area contributed by atoms with Crippen LogP contribution < -0.4 is 0 Å². The Morgan fingerprint density at radius 2 is 2.00 bits per heavy atom. The second-order valence-electron chi connectivity index (χ2n) is 6.38. The van der Waals surface area contributed by atoms with E-state index in [1.165, 1.54) is 24.3 Å². The Hall–Kier alpha value is -3.02. The second-order valence-corrected chi connectivity index (χ2v) is 6.38. The zero-order valence-corrected chi connectivity index (χ0v) is 14.1. The molecule has 0 N–H and O–H groups in total. The summed E-state index contributed by atoms with van der Waals surface area (Å²) in [7, 11) is 0. The highest BCUT2D eigenvalue weighted by Crippen LogP contribution is 2.29. The first-order valence-corrected chi connectivity index (χ1v) is 8.62. The summed E-state index contributed by atoms with van der Waals surface area (Å²) in [6, 6.07) is 11.3. The van der Waals surface area contributed by atoms with Gasteiger partial charge in [-0.1, -0.05) is 6.07 Å². The van der Waals surface area contributed by atoms with Crippen molar-refractivity contribution in [1.29, 1.82) is 0 Å². The molecule has 0 radical (unpaired) electrons. The fourth-order valence-electron chi connectivity index (χ4n) is 3.25. The average molecular weight is 351 g/mol. The van der Waals surface area contributed by atoms with E-state index < -0.39 is 0 Å². The van der Waals surface area contributed by atoms with E-state index >= 15 is 0 Å². The predicted molar refractivity (Wildman–Crippen MR) is 94.0 cm³/mol. The molecule has 1 unspecified atom stereocenters. The van der Waals surface area contributed by atoms with E-state index in [1.54, 1.807) is 17.4 Å². The molecule has 5 nitrogen and oxygen atoms in total. The summed E-state index contributed by atoms with van der Waals surface area (Å²) in [6.45, 7) is 1.22. The molecule has 1 atom stereocenters. The predicted octanol–water partition coefficient (Wildman–Crippen LogP) is 3.90. The minimum atomic E-state index is -0.347. The average Bonchev–Trinajstić information content (AvgIpc) is 3.19. The number of benzene rings is 1. The highest BCUT2D eigenvalue weighted by molar-refractivity contribution is 5.94. The van der Waals surface area contributed by atoms with Gasteiger partial charge < -0.3 is 9.32 Å². The molecule has 1 fully saturated rings. The Morgan fingerprint density at radius 3 is 2.77 bits per heavy atom. The van der Waals surface area contributed by atoms with Gasteiger partial charge in [0.2, 0.25) is 0 Å². The van der Waals surface area contributed by atoms with Gasteiger partial charge in [-0.25, -0.2) is 9.37 Å². The van der Waals surface area contributed by atoms with Crippen molar-refractivity contribution in [3.63, 3.8) is 0 Å². The number of piperidine rings is 1. The highest BCUT2D eigenvalue weighted by atomic mass is 19.1. The molecular weight excluding hydrogens is 333 g/mol. The molecule has 2 aromatic heterocycles. The Labute approximate surface area is 150 Å². The maximum absolute atomic E-state index is 13.1. The molecule has 6 heteroatoms. The van der Waals surface area contributed by atoms with E-state index in [0.717, 1.165) is 18.5 Å². The van der Waals surface area contributed by atoms with Crippen LogP contribution in [0.3, 0.4) is 0 Å². The molecule has 1 saturated heterocycles. The number of oxazole rings is 1. The van der Waals surface area contributed by atoms with Crippen molar-refractivity contribution in [1.82, 2.24) is 14.9 Å². The first kappa shape index (κ1) is 16.4. The first-order valence-electron chi connectivity index (χ1n) is 8.62. The van der Waals surface area contributed by atoms with Crippen LogP contribution in [0.5, 0.6) is 0 Å². The van der Waals surface area contributed by atoms with E-state index in [1.807, 2.05) is 18.2 Å². The molecule has 1 aliphatic rings. The van der Waals surface area contributed by atoms with E-state index in [0.29, 0.717) is 30.2 Å². The molecule has 132 valence electrons. The molecule has 3 heterocycles. The van der Waals surface area contributed by atoms with Crippen molar-refractivity contribution in [3.05, 3.63) is 72.2 Å². The van der Waals surface area contributed by atoms with Gasteiger partial charge in [-0.3, -0.25) is 9.78 Å². The first-order chi connectivity index (χ1) is 12.7. The van der Waals surface area contributed by atoms with Crippen LogP contribution in [0.1, 0.15) is 35.0 Å². The van der Waals surface area contributed by atoms with Crippen molar-refractivity contribution in [2.75, 3.05) is 13.1 Å². The molecule has 0 saturated carbocycles. The Balaban J connectivity index is 1.49. The van der Waals surface area contributed by atoms with Crippen LogP contribution in [0.4, 0.5) is 4.39 Å². The van der Waals surface area contributed by atoms with Crippen LogP contribution >= 0.6 is 0 Å².